The summed E-state index contributed by atoms with van der Waals surface area (Å²) < 4.78 is 0. The first-order chi connectivity index (χ1) is 16.5. The highest BCUT2D eigenvalue weighted by molar-refractivity contribution is 6.01. The van der Waals surface area contributed by atoms with E-state index in [0.29, 0.717) is 43.2 Å². The predicted molar refractivity (Wildman–Crippen MR) is 130 cm³/mol. The fraction of sp³-hybridized carbons (Fsp3) is 0.423. The molecule has 2 heterocycles. The van der Waals surface area contributed by atoms with Crippen LogP contribution in [0.4, 0.5) is 0 Å². The van der Waals surface area contributed by atoms with Crippen molar-refractivity contribution in [2.75, 3.05) is 20.1 Å². The number of benzene rings is 2. The van der Waals surface area contributed by atoms with Crippen LogP contribution in [0.5, 0.6) is 5.75 Å². The first-order valence-corrected chi connectivity index (χ1v) is 12.1. The molecule has 0 saturated heterocycles. The molecule has 178 valence electrons. The van der Waals surface area contributed by atoms with Gasteiger partial charge in [-0.2, -0.15) is 5.10 Å². The van der Waals surface area contributed by atoms with E-state index >= 15 is 0 Å². The Balaban J connectivity index is 1.34. The lowest BCUT2D eigenvalue weighted by molar-refractivity contribution is 0.0748. The van der Waals surface area contributed by atoms with Gasteiger partial charge in [-0.1, -0.05) is 31.7 Å². The van der Waals surface area contributed by atoms with Crippen LogP contribution in [-0.2, 0) is 19.5 Å². The number of hydrogen-bond donors (Lipinski definition) is 4. The topological polar surface area (TPSA) is 110 Å². The van der Waals surface area contributed by atoms with Crippen LogP contribution in [0.15, 0.2) is 30.3 Å². The highest BCUT2D eigenvalue weighted by Gasteiger charge is 2.28. The average molecular weight is 462 g/mol. The first kappa shape index (κ1) is 22.4. The number of fused-ring (bicyclic) bond motifs is 2. The molecule has 0 unspecified atom stereocenters. The van der Waals surface area contributed by atoms with Crippen LogP contribution in [0.3, 0.4) is 0 Å². The molecular weight excluding hydrogens is 430 g/mol. The first-order valence-electron chi connectivity index (χ1n) is 12.1. The summed E-state index contributed by atoms with van der Waals surface area (Å²) in [6, 6.07) is 8.95. The van der Waals surface area contributed by atoms with E-state index in [2.05, 4.69) is 20.8 Å². The largest absolute Gasteiger partial charge is 0.507 e. The maximum Gasteiger partial charge on any atom is 0.258 e. The van der Waals surface area contributed by atoms with E-state index < -0.39 is 0 Å². The predicted octanol–water partition coefficient (Wildman–Crippen LogP) is 3.11. The number of H-pyrrole nitrogens is 1. The molecule has 2 aromatic carbocycles. The van der Waals surface area contributed by atoms with Crippen LogP contribution >= 0.6 is 0 Å². The van der Waals surface area contributed by atoms with E-state index in [9.17, 15) is 14.7 Å². The van der Waals surface area contributed by atoms with Gasteiger partial charge in [-0.25, -0.2) is 0 Å². The Labute approximate surface area is 198 Å². The summed E-state index contributed by atoms with van der Waals surface area (Å²) in [6.45, 7) is 2.11. The number of likely N-dealkylation sites (N-methyl/N-ethyl adjacent to an activating group) is 1. The van der Waals surface area contributed by atoms with Crippen LogP contribution in [-0.4, -0.2) is 52.2 Å². The molecule has 34 heavy (non-hydrogen) atoms. The maximum atomic E-state index is 13.4. The summed E-state index contributed by atoms with van der Waals surface area (Å²) >= 11 is 0. The number of hydrogen-bond acceptors (Lipinski definition) is 5. The number of aromatic nitrogens is 2. The van der Waals surface area contributed by atoms with Gasteiger partial charge in [-0.3, -0.25) is 14.7 Å². The minimum absolute atomic E-state index is 0.0471. The number of nitrogens with zero attached hydrogens (tertiary/aromatic N) is 2. The Kier molecular flexibility index (Phi) is 6.24. The van der Waals surface area contributed by atoms with E-state index in [1.54, 1.807) is 23.1 Å². The highest BCUT2D eigenvalue weighted by atomic mass is 16.3. The molecule has 1 aliphatic carbocycles. The third-order valence-electron chi connectivity index (χ3n) is 7.08. The monoisotopic (exact) mass is 461 g/mol. The number of phenolic OH excluding ortho intramolecular Hbond substituents is 1. The average Bonchev–Trinajstić information content (AvgIpc) is 3.58. The lowest BCUT2D eigenvalue weighted by Gasteiger charge is -2.16. The molecule has 3 aromatic rings. The highest BCUT2D eigenvalue weighted by Crippen LogP contribution is 2.33. The van der Waals surface area contributed by atoms with Crippen LogP contribution in [0.25, 0.3) is 10.9 Å². The van der Waals surface area contributed by atoms with Crippen LogP contribution in [0.1, 0.15) is 63.2 Å². The number of carbonyl (C=O) groups excluding carboxylic acids is 2. The molecule has 0 atom stereocenters. The van der Waals surface area contributed by atoms with Crippen LogP contribution in [0, 0.1) is 5.92 Å². The lowest BCUT2D eigenvalue weighted by atomic mass is 9.99. The summed E-state index contributed by atoms with van der Waals surface area (Å²) in [5, 5.41) is 24.9. The maximum absolute atomic E-state index is 13.4. The minimum atomic E-state index is -0.219. The van der Waals surface area contributed by atoms with Crippen molar-refractivity contribution in [3.8, 4) is 5.75 Å². The zero-order chi connectivity index (χ0) is 23.7. The third-order valence-corrected chi connectivity index (χ3v) is 7.08. The van der Waals surface area contributed by atoms with Gasteiger partial charge in [0.25, 0.3) is 11.8 Å². The van der Waals surface area contributed by atoms with Gasteiger partial charge in [0.2, 0.25) is 0 Å². The fourth-order valence-electron chi connectivity index (χ4n) is 5.18. The molecule has 4 N–H and O–H groups in total. The van der Waals surface area contributed by atoms with Crippen molar-refractivity contribution < 1.29 is 14.7 Å². The SMILES string of the molecule is CNCCNC(=O)c1ccc2c(c1)CN(C(=O)c1cc3c(CC4CCCC4)n[nH]c3cc1O)C2. The van der Waals surface area contributed by atoms with Gasteiger partial charge < -0.3 is 20.6 Å². The second-order valence-corrected chi connectivity index (χ2v) is 9.44. The standard InChI is InChI=1S/C26H31N5O3/c1-27-8-9-28-25(33)17-6-7-18-14-31(15-19(18)11-17)26(34)21-12-20-22(10-16-4-2-3-5-16)29-30-23(20)13-24(21)32/h6-7,11-13,16,27,32H,2-5,8-10,14-15H2,1H3,(H,28,33)(H,29,30). The Morgan fingerprint density at radius 1 is 1.12 bits per heavy atom. The molecule has 5 rings (SSSR count). The molecule has 0 spiro atoms. The van der Waals surface area contributed by atoms with Gasteiger partial charge in [0, 0.05) is 43.2 Å². The Bertz CT molecular complexity index is 1230. The van der Waals surface area contributed by atoms with Gasteiger partial charge in [0.1, 0.15) is 5.75 Å². The third kappa shape index (κ3) is 4.37. The number of carbonyl (C=O) groups is 2. The molecular formula is C26H31N5O3. The zero-order valence-corrected chi connectivity index (χ0v) is 19.5. The van der Waals surface area contributed by atoms with Crippen LogP contribution in [0.2, 0.25) is 0 Å². The van der Waals surface area contributed by atoms with Crippen molar-refractivity contribution in [1.29, 1.82) is 0 Å². The molecule has 8 nitrogen and oxygen atoms in total. The number of amides is 2. The van der Waals surface area contributed by atoms with Crippen LogP contribution < -0.4 is 10.6 Å². The number of rotatable bonds is 7. The summed E-state index contributed by atoms with van der Waals surface area (Å²) in [5.41, 5.74) is 4.57. The van der Waals surface area contributed by atoms with Crippen molar-refractivity contribution >= 4 is 22.7 Å². The molecule has 2 amide bonds. The quantitative estimate of drug-likeness (QED) is 0.404. The molecule has 1 fully saturated rings. The molecule has 2 aliphatic rings. The van der Waals surface area contributed by atoms with Crippen molar-refractivity contribution in [3.63, 3.8) is 0 Å². The number of aromatic amines is 1. The van der Waals surface area contributed by atoms with Gasteiger partial charge in [-0.15, -0.1) is 0 Å². The Hall–Kier alpha value is -3.39. The summed E-state index contributed by atoms with van der Waals surface area (Å²) in [6.07, 6.45) is 5.88. The summed E-state index contributed by atoms with van der Waals surface area (Å²) in [7, 11) is 1.84. The van der Waals surface area contributed by atoms with E-state index in [0.717, 1.165) is 34.1 Å². The molecule has 1 aliphatic heterocycles. The number of phenols is 1. The Morgan fingerprint density at radius 3 is 2.71 bits per heavy atom. The molecule has 0 bridgehead atoms. The summed E-state index contributed by atoms with van der Waals surface area (Å²) in [5.74, 6) is 0.246. The minimum Gasteiger partial charge on any atom is -0.507 e. The second-order valence-electron chi connectivity index (χ2n) is 9.44. The van der Waals surface area contributed by atoms with E-state index in [-0.39, 0.29) is 17.6 Å². The second kappa shape index (κ2) is 9.46. The van der Waals surface area contributed by atoms with Gasteiger partial charge >= 0.3 is 0 Å². The number of aromatic hydroxyl groups is 1. The molecule has 1 aromatic heterocycles. The smallest absolute Gasteiger partial charge is 0.258 e. The van der Waals surface area contributed by atoms with E-state index in [1.807, 2.05) is 19.2 Å². The van der Waals surface area contributed by atoms with Gasteiger partial charge in [0.15, 0.2) is 0 Å². The van der Waals surface area contributed by atoms with E-state index in [4.69, 9.17) is 0 Å². The van der Waals surface area contributed by atoms with E-state index in [1.165, 1.54) is 25.7 Å². The normalized spacial score (nSPS) is 15.7. The zero-order valence-electron chi connectivity index (χ0n) is 19.5. The number of nitrogens with one attached hydrogen (secondary N) is 3. The molecule has 8 heteroatoms. The lowest BCUT2D eigenvalue weighted by Crippen LogP contribution is -2.30. The van der Waals surface area contributed by atoms with Crippen molar-refractivity contribution in [1.82, 2.24) is 25.7 Å². The van der Waals surface area contributed by atoms with Gasteiger partial charge in [-0.05, 0) is 48.7 Å². The molecule has 0 radical (unpaired) electrons. The van der Waals surface area contributed by atoms with Crippen molar-refractivity contribution in [3.05, 3.63) is 58.3 Å². The fourth-order valence-corrected chi connectivity index (χ4v) is 5.18. The summed E-state index contributed by atoms with van der Waals surface area (Å²) in [4.78, 5) is 27.5. The van der Waals surface area contributed by atoms with Crippen molar-refractivity contribution in [2.24, 2.45) is 5.92 Å². The Morgan fingerprint density at radius 2 is 1.91 bits per heavy atom. The van der Waals surface area contributed by atoms with Gasteiger partial charge in [0.05, 0.1) is 16.8 Å². The molecule has 1 saturated carbocycles. The van der Waals surface area contributed by atoms with Crippen molar-refractivity contribution in [2.45, 2.75) is 45.2 Å².